The van der Waals surface area contributed by atoms with Crippen LogP contribution in [0.4, 0.5) is 0 Å². The van der Waals surface area contributed by atoms with Gasteiger partial charge < -0.3 is 9.84 Å². The van der Waals surface area contributed by atoms with Crippen molar-refractivity contribution in [2.45, 2.75) is 20.0 Å². The Balaban J connectivity index is 2.79. The molecule has 0 aliphatic rings. The van der Waals surface area contributed by atoms with Gasteiger partial charge in [0.1, 0.15) is 0 Å². The Morgan fingerprint density at radius 2 is 2.00 bits per heavy atom. The number of hydrogen-bond acceptors (Lipinski definition) is 2. The molecule has 1 unspecified atom stereocenters. The third-order valence-corrected chi connectivity index (χ3v) is 2.37. The Hall–Kier alpha value is -1.35. The molecule has 0 aromatic heterocycles. The molecule has 3 heteroatoms. The summed E-state index contributed by atoms with van der Waals surface area (Å²) >= 11 is 0. The van der Waals surface area contributed by atoms with Crippen molar-refractivity contribution in [3.05, 3.63) is 35.4 Å². The summed E-state index contributed by atoms with van der Waals surface area (Å²) in [4.78, 5) is 10.7. The summed E-state index contributed by atoms with van der Waals surface area (Å²) in [7, 11) is 1.64. The normalized spacial score (nSPS) is 12.4. The zero-order valence-corrected chi connectivity index (χ0v) is 9.06. The molecule has 0 saturated heterocycles. The Morgan fingerprint density at radius 1 is 1.40 bits per heavy atom. The van der Waals surface area contributed by atoms with Gasteiger partial charge in [-0.3, -0.25) is 4.79 Å². The summed E-state index contributed by atoms with van der Waals surface area (Å²) in [5.74, 6) is -1.12. The van der Waals surface area contributed by atoms with Crippen LogP contribution in [0.15, 0.2) is 24.3 Å². The van der Waals surface area contributed by atoms with Crippen molar-refractivity contribution in [2.24, 2.45) is 5.92 Å². The van der Waals surface area contributed by atoms with Gasteiger partial charge in [-0.25, -0.2) is 0 Å². The highest BCUT2D eigenvalue weighted by Crippen LogP contribution is 2.15. The molecule has 15 heavy (non-hydrogen) atoms. The molecule has 1 aromatic carbocycles. The van der Waals surface area contributed by atoms with E-state index in [1.165, 1.54) is 0 Å². The minimum absolute atomic E-state index is 0.358. The van der Waals surface area contributed by atoms with Crippen molar-refractivity contribution in [1.82, 2.24) is 0 Å². The predicted molar refractivity (Wildman–Crippen MR) is 57.7 cm³/mol. The Labute approximate surface area is 89.7 Å². The van der Waals surface area contributed by atoms with Crippen LogP contribution in [0.1, 0.15) is 18.1 Å². The van der Waals surface area contributed by atoms with Crippen molar-refractivity contribution in [3.63, 3.8) is 0 Å². The van der Waals surface area contributed by atoms with Crippen LogP contribution in [-0.4, -0.2) is 18.2 Å². The largest absolute Gasteiger partial charge is 0.481 e. The van der Waals surface area contributed by atoms with Crippen LogP contribution in [-0.2, 0) is 22.6 Å². The number of carbonyl (C=O) groups is 1. The summed E-state index contributed by atoms with van der Waals surface area (Å²) in [5, 5.41) is 8.83. The third kappa shape index (κ3) is 3.36. The SMILES string of the molecule is COCc1ccccc1CC(C)C(=O)O. The fraction of sp³-hybridized carbons (Fsp3) is 0.417. The van der Waals surface area contributed by atoms with E-state index in [9.17, 15) is 4.79 Å². The number of benzene rings is 1. The van der Waals surface area contributed by atoms with Gasteiger partial charge in [-0.05, 0) is 17.5 Å². The van der Waals surface area contributed by atoms with Crippen molar-refractivity contribution < 1.29 is 14.6 Å². The number of ether oxygens (including phenoxy) is 1. The van der Waals surface area contributed by atoms with Gasteiger partial charge in [0.15, 0.2) is 0 Å². The van der Waals surface area contributed by atoms with Crippen molar-refractivity contribution in [2.75, 3.05) is 7.11 Å². The third-order valence-electron chi connectivity index (χ3n) is 2.37. The van der Waals surface area contributed by atoms with Gasteiger partial charge >= 0.3 is 5.97 Å². The molecule has 1 rings (SSSR count). The summed E-state index contributed by atoms with van der Waals surface area (Å²) in [5.41, 5.74) is 2.11. The summed E-state index contributed by atoms with van der Waals surface area (Å²) < 4.78 is 5.06. The maximum Gasteiger partial charge on any atom is 0.306 e. The molecular weight excluding hydrogens is 192 g/mol. The van der Waals surface area contributed by atoms with Crippen LogP contribution < -0.4 is 0 Å². The van der Waals surface area contributed by atoms with Crippen molar-refractivity contribution >= 4 is 5.97 Å². The monoisotopic (exact) mass is 208 g/mol. The molecule has 0 bridgehead atoms. The molecule has 3 nitrogen and oxygen atoms in total. The Morgan fingerprint density at radius 3 is 2.53 bits per heavy atom. The molecule has 0 radical (unpaired) electrons. The average molecular weight is 208 g/mol. The topological polar surface area (TPSA) is 46.5 Å². The van der Waals surface area contributed by atoms with Gasteiger partial charge in [-0.2, -0.15) is 0 Å². The maximum absolute atomic E-state index is 10.7. The fourth-order valence-electron chi connectivity index (χ4n) is 1.47. The summed E-state index contributed by atoms with van der Waals surface area (Å²) in [6.45, 7) is 2.24. The van der Waals surface area contributed by atoms with Crippen LogP contribution >= 0.6 is 0 Å². The lowest BCUT2D eigenvalue weighted by atomic mass is 9.97. The second kappa shape index (κ2) is 5.51. The number of rotatable bonds is 5. The molecule has 0 saturated carbocycles. The second-order valence-electron chi connectivity index (χ2n) is 3.65. The van der Waals surface area contributed by atoms with E-state index in [1.807, 2.05) is 24.3 Å². The standard InChI is InChI=1S/C12H16O3/c1-9(12(13)14)7-10-5-3-4-6-11(10)8-15-2/h3-6,9H,7-8H2,1-2H3,(H,13,14). The molecule has 1 aromatic rings. The highest BCUT2D eigenvalue weighted by Gasteiger charge is 2.13. The van der Waals surface area contributed by atoms with Gasteiger partial charge in [0.05, 0.1) is 12.5 Å². The zero-order valence-electron chi connectivity index (χ0n) is 9.06. The molecular formula is C12H16O3. The van der Waals surface area contributed by atoms with Crippen LogP contribution in [0.2, 0.25) is 0 Å². The first kappa shape index (κ1) is 11.7. The summed E-state index contributed by atoms with van der Waals surface area (Å²) in [6.07, 6.45) is 0.550. The van der Waals surface area contributed by atoms with Crippen molar-refractivity contribution in [1.29, 1.82) is 0 Å². The van der Waals surface area contributed by atoms with E-state index in [4.69, 9.17) is 9.84 Å². The fourth-order valence-corrected chi connectivity index (χ4v) is 1.47. The molecule has 1 atom stereocenters. The van der Waals surface area contributed by atoms with Gasteiger partial charge in [0.25, 0.3) is 0 Å². The molecule has 82 valence electrons. The lowest BCUT2D eigenvalue weighted by molar-refractivity contribution is -0.141. The van der Waals surface area contributed by atoms with Crippen LogP contribution in [0.5, 0.6) is 0 Å². The predicted octanol–water partition coefficient (Wildman–Crippen LogP) is 2.10. The number of methoxy groups -OCH3 is 1. The highest BCUT2D eigenvalue weighted by molar-refractivity contribution is 5.70. The first-order valence-electron chi connectivity index (χ1n) is 4.93. The second-order valence-corrected chi connectivity index (χ2v) is 3.65. The number of aliphatic carboxylic acids is 1. The van der Waals surface area contributed by atoms with E-state index < -0.39 is 5.97 Å². The van der Waals surface area contributed by atoms with E-state index in [0.29, 0.717) is 13.0 Å². The molecule has 1 N–H and O–H groups in total. The van der Waals surface area contributed by atoms with E-state index in [0.717, 1.165) is 11.1 Å². The quantitative estimate of drug-likeness (QED) is 0.806. The van der Waals surface area contributed by atoms with E-state index >= 15 is 0 Å². The van der Waals surface area contributed by atoms with Gasteiger partial charge in [-0.1, -0.05) is 31.2 Å². The van der Waals surface area contributed by atoms with Gasteiger partial charge in [0.2, 0.25) is 0 Å². The van der Waals surface area contributed by atoms with Gasteiger partial charge in [0, 0.05) is 7.11 Å². The molecule has 0 spiro atoms. The summed E-state index contributed by atoms with van der Waals surface area (Å²) in [6, 6.07) is 7.77. The molecule has 0 amide bonds. The molecule has 0 heterocycles. The van der Waals surface area contributed by atoms with Crippen molar-refractivity contribution in [3.8, 4) is 0 Å². The van der Waals surface area contributed by atoms with Crippen LogP contribution in [0.25, 0.3) is 0 Å². The Bertz CT molecular complexity index is 333. The Kier molecular flexibility index (Phi) is 4.31. The van der Waals surface area contributed by atoms with E-state index in [2.05, 4.69) is 0 Å². The highest BCUT2D eigenvalue weighted by atomic mass is 16.5. The smallest absolute Gasteiger partial charge is 0.306 e. The number of carboxylic acids is 1. The first-order chi connectivity index (χ1) is 7.15. The molecule has 0 aliphatic carbocycles. The lowest BCUT2D eigenvalue weighted by Crippen LogP contribution is -2.13. The number of carboxylic acid groups (broad SMARTS) is 1. The van der Waals surface area contributed by atoms with Crippen LogP contribution in [0.3, 0.4) is 0 Å². The minimum atomic E-state index is -0.762. The van der Waals surface area contributed by atoms with E-state index in [1.54, 1.807) is 14.0 Å². The lowest BCUT2D eigenvalue weighted by Gasteiger charge is -2.10. The average Bonchev–Trinajstić information content (AvgIpc) is 2.21. The van der Waals surface area contributed by atoms with Crippen LogP contribution in [0, 0.1) is 5.92 Å². The molecule has 0 fully saturated rings. The van der Waals surface area contributed by atoms with E-state index in [-0.39, 0.29) is 5.92 Å². The zero-order chi connectivity index (χ0) is 11.3. The minimum Gasteiger partial charge on any atom is -0.481 e. The number of hydrogen-bond donors (Lipinski definition) is 1. The van der Waals surface area contributed by atoms with Gasteiger partial charge in [-0.15, -0.1) is 0 Å². The molecule has 0 aliphatic heterocycles. The first-order valence-corrected chi connectivity index (χ1v) is 4.93. The maximum atomic E-state index is 10.7.